The third kappa shape index (κ3) is 2.41. The van der Waals surface area contributed by atoms with Gasteiger partial charge in [0.1, 0.15) is 0 Å². The molecule has 0 unspecified atom stereocenters. The van der Waals surface area contributed by atoms with Crippen molar-refractivity contribution < 1.29 is 0 Å². The molecule has 0 radical (unpaired) electrons. The Kier molecular flexibility index (Phi) is 2.55. The van der Waals surface area contributed by atoms with Crippen LogP contribution in [0.1, 0.15) is 32.2 Å². The third-order valence-corrected chi connectivity index (χ3v) is 1.85. The van der Waals surface area contributed by atoms with E-state index in [1.165, 1.54) is 0 Å². The van der Waals surface area contributed by atoms with E-state index in [4.69, 9.17) is 0 Å². The zero-order chi connectivity index (χ0) is 10.1. The van der Waals surface area contributed by atoms with Crippen molar-refractivity contribution in [2.75, 3.05) is 12.4 Å². The van der Waals surface area contributed by atoms with Crippen LogP contribution in [0.5, 0.6) is 0 Å². The first-order valence-corrected chi connectivity index (χ1v) is 4.47. The maximum absolute atomic E-state index is 4.40. The Hall–Kier alpha value is -1.12. The molecule has 0 spiro atoms. The Morgan fingerprint density at radius 3 is 2.31 bits per heavy atom. The molecule has 13 heavy (non-hydrogen) atoms. The number of nitrogens with zero attached hydrogens (tertiary/aromatic N) is 2. The highest BCUT2D eigenvalue weighted by Gasteiger charge is 2.16. The molecule has 1 heterocycles. The second-order valence-electron chi connectivity index (χ2n) is 4.22. The number of hydrogen-bond acceptors (Lipinski definition) is 3. The largest absolute Gasteiger partial charge is 0.357 e. The first kappa shape index (κ1) is 9.96. The van der Waals surface area contributed by atoms with Crippen LogP contribution < -0.4 is 5.32 Å². The highest BCUT2D eigenvalue weighted by atomic mass is 15.1. The highest BCUT2D eigenvalue weighted by Crippen LogP contribution is 2.21. The third-order valence-electron chi connectivity index (χ3n) is 1.85. The average molecular weight is 179 g/mol. The fourth-order valence-electron chi connectivity index (χ4n) is 1.06. The summed E-state index contributed by atoms with van der Waals surface area (Å²) in [5.41, 5.74) is 2.16. The second-order valence-corrected chi connectivity index (χ2v) is 4.22. The van der Waals surface area contributed by atoms with Crippen molar-refractivity contribution in [2.45, 2.75) is 33.1 Å². The zero-order valence-corrected chi connectivity index (χ0v) is 8.97. The molecule has 0 saturated carbocycles. The minimum atomic E-state index is 0.0826. The maximum Gasteiger partial charge on any atom is 0.222 e. The van der Waals surface area contributed by atoms with Crippen LogP contribution in [0.2, 0.25) is 0 Å². The van der Waals surface area contributed by atoms with E-state index in [9.17, 15) is 0 Å². The van der Waals surface area contributed by atoms with Crippen LogP contribution in [-0.4, -0.2) is 17.0 Å². The molecule has 0 bridgehead atoms. The van der Waals surface area contributed by atoms with E-state index >= 15 is 0 Å². The number of aryl methyl sites for hydroxylation is 1. The summed E-state index contributed by atoms with van der Waals surface area (Å²) in [7, 11) is 1.83. The van der Waals surface area contributed by atoms with Gasteiger partial charge in [-0.15, -0.1) is 0 Å². The molecule has 0 fully saturated rings. The van der Waals surface area contributed by atoms with Crippen LogP contribution in [0, 0.1) is 6.92 Å². The van der Waals surface area contributed by atoms with E-state index in [1.807, 2.05) is 20.0 Å². The molecule has 0 atom stereocenters. The van der Waals surface area contributed by atoms with Gasteiger partial charge in [0.25, 0.3) is 0 Å². The summed E-state index contributed by atoms with van der Waals surface area (Å²) >= 11 is 0. The molecule has 0 aliphatic carbocycles. The summed E-state index contributed by atoms with van der Waals surface area (Å²) in [6, 6.07) is 2.03. The monoisotopic (exact) mass is 179 g/mol. The summed E-state index contributed by atoms with van der Waals surface area (Å²) < 4.78 is 0. The normalized spacial score (nSPS) is 11.5. The van der Waals surface area contributed by atoms with Crippen LogP contribution in [0.25, 0.3) is 0 Å². The van der Waals surface area contributed by atoms with Gasteiger partial charge < -0.3 is 5.32 Å². The van der Waals surface area contributed by atoms with E-state index in [-0.39, 0.29) is 5.41 Å². The molecule has 0 saturated heterocycles. The van der Waals surface area contributed by atoms with Gasteiger partial charge in [-0.2, -0.15) is 0 Å². The van der Waals surface area contributed by atoms with E-state index in [0.29, 0.717) is 5.95 Å². The highest BCUT2D eigenvalue weighted by molar-refractivity contribution is 5.29. The molecule has 0 amide bonds. The minimum Gasteiger partial charge on any atom is -0.357 e. The van der Waals surface area contributed by atoms with E-state index in [1.54, 1.807) is 0 Å². The smallest absolute Gasteiger partial charge is 0.222 e. The summed E-state index contributed by atoms with van der Waals surface area (Å²) in [5, 5.41) is 2.96. The summed E-state index contributed by atoms with van der Waals surface area (Å²) in [4.78, 5) is 8.64. The molecule has 72 valence electrons. The summed E-state index contributed by atoms with van der Waals surface area (Å²) in [6.07, 6.45) is 0. The van der Waals surface area contributed by atoms with Gasteiger partial charge in [0.05, 0.1) is 5.69 Å². The van der Waals surface area contributed by atoms with Gasteiger partial charge in [0.2, 0.25) is 5.95 Å². The van der Waals surface area contributed by atoms with Gasteiger partial charge in [-0.1, -0.05) is 20.8 Å². The molecule has 1 aromatic heterocycles. The van der Waals surface area contributed by atoms with Crippen molar-refractivity contribution in [1.82, 2.24) is 9.97 Å². The predicted octanol–water partition coefficient (Wildman–Crippen LogP) is 2.12. The van der Waals surface area contributed by atoms with Gasteiger partial charge in [0, 0.05) is 18.2 Å². The molecule has 0 aliphatic rings. The van der Waals surface area contributed by atoms with Crippen molar-refractivity contribution >= 4 is 5.95 Å². The van der Waals surface area contributed by atoms with Gasteiger partial charge in [-0.05, 0) is 13.0 Å². The Morgan fingerprint density at radius 2 is 1.85 bits per heavy atom. The lowest BCUT2D eigenvalue weighted by molar-refractivity contribution is 0.567. The van der Waals surface area contributed by atoms with Gasteiger partial charge in [0.15, 0.2) is 0 Å². The molecule has 1 N–H and O–H groups in total. The first-order chi connectivity index (χ1) is 5.93. The topological polar surface area (TPSA) is 37.8 Å². The molecule has 1 rings (SSSR count). The van der Waals surface area contributed by atoms with E-state index < -0.39 is 0 Å². The molecule has 3 heteroatoms. The van der Waals surface area contributed by atoms with Crippen molar-refractivity contribution in [2.24, 2.45) is 0 Å². The van der Waals surface area contributed by atoms with Crippen LogP contribution in [0.3, 0.4) is 0 Å². The first-order valence-electron chi connectivity index (χ1n) is 4.47. The summed E-state index contributed by atoms with van der Waals surface area (Å²) in [5.74, 6) is 0.699. The van der Waals surface area contributed by atoms with Crippen LogP contribution in [0.4, 0.5) is 5.95 Å². The predicted molar refractivity (Wildman–Crippen MR) is 55.0 cm³/mol. The molecular formula is C10H17N3. The Balaban J connectivity index is 3.16. The van der Waals surface area contributed by atoms with E-state index in [0.717, 1.165) is 11.4 Å². The number of aromatic nitrogens is 2. The quantitative estimate of drug-likeness (QED) is 0.717. The standard InChI is InChI=1S/C10H17N3/c1-7-6-8(10(2,3)4)13-9(11-5)12-7/h6H,1-5H3,(H,11,12,13). The SMILES string of the molecule is CNc1nc(C)cc(C(C)(C)C)n1. The Morgan fingerprint density at radius 1 is 1.23 bits per heavy atom. The minimum absolute atomic E-state index is 0.0826. The number of anilines is 1. The Bertz CT molecular complexity index is 300. The van der Waals surface area contributed by atoms with Crippen molar-refractivity contribution in [3.05, 3.63) is 17.5 Å². The lowest BCUT2D eigenvalue weighted by atomic mass is 9.91. The zero-order valence-electron chi connectivity index (χ0n) is 8.97. The van der Waals surface area contributed by atoms with Crippen LogP contribution in [0.15, 0.2) is 6.07 Å². The van der Waals surface area contributed by atoms with E-state index in [2.05, 4.69) is 36.1 Å². The fourth-order valence-corrected chi connectivity index (χ4v) is 1.06. The molecule has 0 aromatic carbocycles. The number of hydrogen-bond donors (Lipinski definition) is 1. The molecular weight excluding hydrogens is 162 g/mol. The average Bonchev–Trinajstić information content (AvgIpc) is 2.01. The summed E-state index contributed by atoms with van der Waals surface area (Å²) in [6.45, 7) is 8.43. The van der Waals surface area contributed by atoms with Gasteiger partial charge in [-0.3, -0.25) is 0 Å². The lowest BCUT2D eigenvalue weighted by Gasteiger charge is -2.18. The number of rotatable bonds is 1. The van der Waals surface area contributed by atoms with Crippen molar-refractivity contribution in [1.29, 1.82) is 0 Å². The van der Waals surface area contributed by atoms with Crippen molar-refractivity contribution in [3.63, 3.8) is 0 Å². The Labute approximate surface area is 79.6 Å². The van der Waals surface area contributed by atoms with Crippen molar-refractivity contribution in [3.8, 4) is 0 Å². The van der Waals surface area contributed by atoms with Crippen LogP contribution in [-0.2, 0) is 5.41 Å². The number of nitrogens with one attached hydrogen (secondary N) is 1. The second kappa shape index (κ2) is 3.32. The maximum atomic E-state index is 4.40. The fraction of sp³-hybridized carbons (Fsp3) is 0.600. The molecule has 0 aliphatic heterocycles. The molecule has 3 nitrogen and oxygen atoms in total. The van der Waals surface area contributed by atoms with Crippen LogP contribution >= 0.6 is 0 Å². The van der Waals surface area contributed by atoms with Gasteiger partial charge >= 0.3 is 0 Å². The molecule has 1 aromatic rings. The van der Waals surface area contributed by atoms with Gasteiger partial charge in [-0.25, -0.2) is 9.97 Å². The lowest BCUT2D eigenvalue weighted by Crippen LogP contribution is -2.15.